The van der Waals surface area contributed by atoms with Crippen LogP contribution in [-0.2, 0) is 4.74 Å². The summed E-state index contributed by atoms with van der Waals surface area (Å²) in [5, 5.41) is 10.1. The van der Waals surface area contributed by atoms with E-state index in [-0.39, 0.29) is 23.4 Å². The number of allylic oxidation sites excluding steroid dienone is 1. The second kappa shape index (κ2) is 7.87. The normalized spacial score (nSPS) is 18.0. The van der Waals surface area contributed by atoms with Gasteiger partial charge in [-0.3, -0.25) is 4.79 Å². The molecule has 0 radical (unpaired) electrons. The van der Waals surface area contributed by atoms with Gasteiger partial charge in [0.05, 0.1) is 19.3 Å². The van der Waals surface area contributed by atoms with E-state index in [4.69, 9.17) is 14.2 Å². The van der Waals surface area contributed by atoms with Gasteiger partial charge >= 0.3 is 0 Å². The second-order valence-corrected chi connectivity index (χ2v) is 5.58. The Morgan fingerprint density at radius 2 is 2.13 bits per heavy atom. The number of ether oxygens (including phenoxy) is 3. The number of methoxy groups -OCH3 is 1. The van der Waals surface area contributed by atoms with Crippen LogP contribution in [0.25, 0.3) is 0 Å². The minimum Gasteiger partial charge on any atom is -0.507 e. The van der Waals surface area contributed by atoms with E-state index in [0.717, 1.165) is 19.3 Å². The van der Waals surface area contributed by atoms with Crippen molar-refractivity contribution in [3.8, 4) is 17.2 Å². The number of phenolic OH excluding ortho intramolecular Hbond substituents is 1. The minimum absolute atomic E-state index is 0.148. The van der Waals surface area contributed by atoms with Gasteiger partial charge in [0, 0.05) is 38.9 Å². The summed E-state index contributed by atoms with van der Waals surface area (Å²) < 4.78 is 16.5. The molecular weight excluding hydrogens is 298 g/mol. The molecule has 0 amide bonds. The number of hydrogen-bond donors (Lipinski definition) is 1. The molecule has 1 aliphatic heterocycles. The summed E-state index contributed by atoms with van der Waals surface area (Å²) in [7, 11) is 5.11. The molecule has 0 aromatic heterocycles. The molecule has 0 spiro atoms. The summed E-state index contributed by atoms with van der Waals surface area (Å²) in [6, 6.07) is 2.88. The van der Waals surface area contributed by atoms with Crippen molar-refractivity contribution in [2.45, 2.75) is 25.6 Å². The fourth-order valence-electron chi connectivity index (χ4n) is 2.25. The average Bonchev–Trinajstić information content (AvgIpc) is 2.54. The van der Waals surface area contributed by atoms with Crippen LogP contribution in [0.3, 0.4) is 0 Å². The highest BCUT2D eigenvalue weighted by molar-refractivity contribution is 6.06. The zero-order valence-electron chi connectivity index (χ0n) is 13.7. The Bertz CT molecular complexity index is 577. The number of carbonyl (C=O) groups excluding carboxylic acids is 1. The molecule has 23 heavy (non-hydrogen) atoms. The van der Waals surface area contributed by atoms with Crippen molar-refractivity contribution in [1.82, 2.24) is 4.90 Å². The van der Waals surface area contributed by atoms with Crippen LogP contribution < -0.4 is 9.47 Å². The number of phenols is 1. The third-order valence-corrected chi connectivity index (χ3v) is 3.47. The highest BCUT2D eigenvalue weighted by atomic mass is 16.7. The molecule has 1 N–H and O–H groups in total. The average molecular weight is 321 g/mol. The molecule has 0 bridgehead atoms. The molecule has 1 unspecified atom stereocenters. The van der Waals surface area contributed by atoms with Gasteiger partial charge in [-0.2, -0.15) is 0 Å². The van der Waals surface area contributed by atoms with E-state index in [0.29, 0.717) is 18.1 Å². The Kier molecular flexibility index (Phi) is 5.87. The number of carbonyl (C=O) groups is 1. The molecule has 126 valence electrons. The van der Waals surface area contributed by atoms with E-state index in [1.807, 2.05) is 14.1 Å². The predicted octanol–water partition coefficient (Wildman–Crippen LogP) is 2.56. The zero-order chi connectivity index (χ0) is 16.8. The van der Waals surface area contributed by atoms with E-state index < -0.39 is 0 Å². The van der Waals surface area contributed by atoms with Gasteiger partial charge < -0.3 is 24.2 Å². The van der Waals surface area contributed by atoms with Gasteiger partial charge in [0.1, 0.15) is 5.75 Å². The van der Waals surface area contributed by atoms with Crippen LogP contribution in [0.5, 0.6) is 17.2 Å². The van der Waals surface area contributed by atoms with Crippen molar-refractivity contribution in [2.75, 3.05) is 27.8 Å². The van der Waals surface area contributed by atoms with Crippen LogP contribution in [0.2, 0.25) is 0 Å². The zero-order valence-corrected chi connectivity index (χ0v) is 13.7. The molecule has 1 aromatic carbocycles. The van der Waals surface area contributed by atoms with Gasteiger partial charge in [-0.1, -0.05) is 0 Å². The number of hydrogen-bond acceptors (Lipinski definition) is 6. The first-order valence-electron chi connectivity index (χ1n) is 7.59. The lowest BCUT2D eigenvalue weighted by Gasteiger charge is -2.24. The number of benzene rings is 1. The Labute approximate surface area is 136 Å². The molecule has 0 saturated carbocycles. The van der Waals surface area contributed by atoms with Crippen molar-refractivity contribution in [3.63, 3.8) is 0 Å². The van der Waals surface area contributed by atoms with Crippen LogP contribution in [0.15, 0.2) is 24.4 Å². The highest BCUT2D eigenvalue weighted by Crippen LogP contribution is 2.36. The Hall–Kier alpha value is -2.21. The lowest BCUT2D eigenvalue weighted by Crippen LogP contribution is -2.25. The van der Waals surface area contributed by atoms with E-state index in [1.54, 1.807) is 11.1 Å². The summed E-state index contributed by atoms with van der Waals surface area (Å²) in [6.07, 6.45) is 5.50. The molecule has 0 aliphatic carbocycles. The van der Waals surface area contributed by atoms with Gasteiger partial charge in [0.25, 0.3) is 0 Å². The van der Waals surface area contributed by atoms with Crippen molar-refractivity contribution >= 4 is 5.78 Å². The van der Waals surface area contributed by atoms with Crippen LogP contribution in [0.4, 0.5) is 0 Å². The molecule has 6 nitrogen and oxygen atoms in total. The molecule has 1 fully saturated rings. The molecule has 1 atom stereocenters. The smallest absolute Gasteiger partial charge is 0.200 e. The standard InChI is InChI=1S/C17H23NO5/c1-18(2)8-7-13(19)12-10-15(21-3)16(11-14(12)20)23-17-6-4-5-9-22-17/h7-8,10-11,17,20H,4-6,9H2,1-3H3/b8-7+. The Morgan fingerprint density at radius 3 is 2.74 bits per heavy atom. The highest BCUT2D eigenvalue weighted by Gasteiger charge is 2.20. The van der Waals surface area contributed by atoms with Crippen LogP contribution in [0, 0.1) is 0 Å². The predicted molar refractivity (Wildman–Crippen MR) is 86.0 cm³/mol. The first-order chi connectivity index (χ1) is 11.0. The first-order valence-corrected chi connectivity index (χ1v) is 7.59. The monoisotopic (exact) mass is 321 g/mol. The van der Waals surface area contributed by atoms with Crippen molar-refractivity contribution in [2.24, 2.45) is 0 Å². The quantitative estimate of drug-likeness (QED) is 0.641. The van der Waals surface area contributed by atoms with Crippen molar-refractivity contribution in [3.05, 3.63) is 30.0 Å². The van der Waals surface area contributed by atoms with Crippen molar-refractivity contribution < 1.29 is 24.1 Å². The molecule has 1 heterocycles. The SMILES string of the molecule is COc1cc(C(=O)/C=C/N(C)C)c(O)cc1OC1CCCCO1. The minimum atomic E-state index is -0.354. The molecule has 2 rings (SSSR count). The second-order valence-electron chi connectivity index (χ2n) is 5.58. The third-order valence-electron chi connectivity index (χ3n) is 3.47. The molecule has 6 heteroatoms. The fourth-order valence-corrected chi connectivity index (χ4v) is 2.25. The van der Waals surface area contributed by atoms with Gasteiger partial charge in [0.15, 0.2) is 23.6 Å². The molecular formula is C17H23NO5. The topological polar surface area (TPSA) is 68.2 Å². The third kappa shape index (κ3) is 4.63. The Morgan fingerprint density at radius 1 is 1.35 bits per heavy atom. The molecule has 1 saturated heterocycles. The van der Waals surface area contributed by atoms with E-state index in [1.165, 1.54) is 25.3 Å². The fraction of sp³-hybridized carbons (Fsp3) is 0.471. The molecule has 1 aliphatic rings. The van der Waals surface area contributed by atoms with Gasteiger partial charge in [-0.25, -0.2) is 0 Å². The number of nitrogens with zero attached hydrogens (tertiary/aromatic N) is 1. The summed E-state index contributed by atoms with van der Waals surface area (Å²) in [5.74, 6) is 0.295. The summed E-state index contributed by atoms with van der Waals surface area (Å²) >= 11 is 0. The van der Waals surface area contributed by atoms with Crippen molar-refractivity contribution in [1.29, 1.82) is 0 Å². The van der Waals surface area contributed by atoms with E-state index >= 15 is 0 Å². The summed E-state index contributed by atoms with van der Waals surface area (Å²) in [4.78, 5) is 13.9. The lowest BCUT2D eigenvalue weighted by molar-refractivity contribution is -0.106. The summed E-state index contributed by atoms with van der Waals surface area (Å²) in [6.45, 7) is 0.658. The number of rotatable bonds is 6. The van der Waals surface area contributed by atoms with Gasteiger partial charge in [-0.05, 0) is 18.9 Å². The maximum absolute atomic E-state index is 12.1. The Balaban J connectivity index is 2.21. The van der Waals surface area contributed by atoms with E-state index in [2.05, 4.69) is 0 Å². The lowest BCUT2D eigenvalue weighted by atomic mass is 10.1. The largest absolute Gasteiger partial charge is 0.507 e. The summed E-state index contributed by atoms with van der Waals surface area (Å²) in [5.41, 5.74) is 0.164. The molecule has 1 aromatic rings. The van der Waals surface area contributed by atoms with Gasteiger partial charge in [0.2, 0.25) is 0 Å². The van der Waals surface area contributed by atoms with E-state index in [9.17, 15) is 9.90 Å². The first kappa shape index (κ1) is 17.1. The van der Waals surface area contributed by atoms with Crippen LogP contribution in [-0.4, -0.2) is 49.9 Å². The number of ketones is 1. The number of aromatic hydroxyl groups is 1. The maximum Gasteiger partial charge on any atom is 0.200 e. The maximum atomic E-state index is 12.1. The van der Waals surface area contributed by atoms with Gasteiger partial charge in [-0.15, -0.1) is 0 Å². The van der Waals surface area contributed by atoms with Crippen LogP contribution >= 0.6 is 0 Å². The van der Waals surface area contributed by atoms with Crippen LogP contribution in [0.1, 0.15) is 29.6 Å².